The second-order valence-electron chi connectivity index (χ2n) is 8.21. The Morgan fingerprint density at radius 2 is 1.56 bits per heavy atom. The van der Waals surface area contributed by atoms with E-state index in [1.54, 1.807) is 12.1 Å². The van der Waals surface area contributed by atoms with Crippen molar-refractivity contribution >= 4 is 34.8 Å². The van der Waals surface area contributed by atoms with Gasteiger partial charge in [0.25, 0.3) is 5.91 Å². The Morgan fingerprint density at radius 3 is 2.19 bits per heavy atom. The van der Waals surface area contributed by atoms with Crippen LogP contribution in [-0.4, -0.2) is 11.8 Å². The Kier molecular flexibility index (Phi) is 7.65. The molecule has 0 heterocycles. The Labute approximate surface area is 192 Å². The van der Waals surface area contributed by atoms with Crippen molar-refractivity contribution in [3.05, 3.63) is 94.3 Å². The molecule has 0 radical (unpaired) electrons. The molecule has 166 valence electrons. The lowest BCUT2D eigenvalue weighted by Gasteiger charge is -2.15. The molecule has 3 aromatic rings. The van der Waals surface area contributed by atoms with E-state index < -0.39 is 11.8 Å². The molecular weight excluding hydrogens is 427 g/mol. The number of rotatable bonds is 7. The highest BCUT2D eigenvalue weighted by Gasteiger charge is 2.18. The minimum absolute atomic E-state index is 0.223. The van der Waals surface area contributed by atoms with Crippen molar-refractivity contribution in [3.63, 3.8) is 0 Å². The molecule has 3 aromatic carbocycles. The van der Waals surface area contributed by atoms with E-state index in [0.717, 1.165) is 12.0 Å². The molecule has 0 spiro atoms. The fourth-order valence-corrected chi connectivity index (χ4v) is 3.47. The molecule has 2 amide bonds. The fraction of sp³-hybridized carbons (Fsp3) is 0.231. The van der Waals surface area contributed by atoms with E-state index in [4.69, 9.17) is 11.6 Å². The summed E-state index contributed by atoms with van der Waals surface area (Å²) in [6.07, 6.45) is 0.989. The number of hydrogen-bond donors (Lipinski definition) is 2. The third-order valence-electron chi connectivity index (χ3n) is 5.11. The average Bonchev–Trinajstić information content (AvgIpc) is 2.76. The summed E-state index contributed by atoms with van der Waals surface area (Å²) in [6, 6.07) is 18.2. The van der Waals surface area contributed by atoms with E-state index in [1.165, 1.54) is 35.9 Å². The summed E-state index contributed by atoms with van der Waals surface area (Å²) in [5, 5.41) is 5.84. The molecule has 0 unspecified atom stereocenters. The molecule has 6 heteroatoms. The summed E-state index contributed by atoms with van der Waals surface area (Å²) in [6.45, 7) is 6.16. The van der Waals surface area contributed by atoms with Crippen LogP contribution in [0, 0.1) is 11.7 Å². The van der Waals surface area contributed by atoms with E-state index in [2.05, 4.69) is 24.5 Å². The number of benzene rings is 3. The Hall–Kier alpha value is -3.18. The minimum Gasteiger partial charge on any atom is -0.324 e. The monoisotopic (exact) mass is 452 g/mol. The lowest BCUT2D eigenvalue weighted by Crippen LogP contribution is -2.20. The minimum atomic E-state index is -0.393. The molecule has 4 nitrogen and oxygen atoms in total. The molecule has 1 atom stereocenters. The van der Waals surface area contributed by atoms with Crippen molar-refractivity contribution < 1.29 is 14.0 Å². The first kappa shape index (κ1) is 23.5. The van der Waals surface area contributed by atoms with Gasteiger partial charge >= 0.3 is 0 Å². The number of hydrogen-bond acceptors (Lipinski definition) is 2. The molecule has 0 aliphatic heterocycles. The molecule has 3 rings (SSSR count). The Morgan fingerprint density at radius 1 is 0.906 bits per heavy atom. The number of amides is 2. The second-order valence-corrected chi connectivity index (χ2v) is 8.61. The number of anilines is 2. The molecule has 0 aromatic heterocycles. The quantitative estimate of drug-likeness (QED) is 0.420. The molecular formula is C26H26ClFN2O2. The highest BCUT2D eigenvalue weighted by molar-refractivity contribution is 6.34. The highest BCUT2D eigenvalue weighted by Crippen LogP contribution is 2.26. The van der Waals surface area contributed by atoms with Crippen molar-refractivity contribution in [2.75, 3.05) is 10.6 Å². The zero-order valence-corrected chi connectivity index (χ0v) is 19.0. The SMILES string of the molecule is CC(C)Cc1ccc([C@H](C)C(=O)Nc2cc(C(=O)Nc3ccc(F)cc3)ccc2Cl)cc1. The number of carbonyl (C=O) groups is 2. The van der Waals surface area contributed by atoms with Crippen LogP contribution in [0.4, 0.5) is 15.8 Å². The predicted octanol–water partition coefficient (Wildman–Crippen LogP) is 6.67. The van der Waals surface area contributed by atoms with E-state index in [-0.39, 0.29) is 11.7 Å². The summed E-state index contributed by atoms with van der Waals surface area (Å²) < 4.78 is 13.1. The fourth-order valence-electron chi connectivity index (χ4n) is 3.30. The zero-order chi connectivity index (χ0) is 23.3. The molecule has 0 saturated heterocycles. The van der Waals surface area contributed by atoms with Gasteiger partial charge in [0.2, 0.25) is 5.91 Å². The van der Waals surface area contributed by atoms with Gasteiger partial charge in [-0.15, -0.1) is 0 Å². The summed E-state index contributed by atoms with van der Waals surface area (Å²) in [5.74, 6) is -0.826. The maximum absolute atomic E-state index is 13.1. The first-order chi connectivity index (χ1) is 15.2. The predicted molar refractivity (Wildman–Crippen MR) is 128 cm³/mol. The number of nitrogens with one attached hydrogen (secondary N) is 2. The molecule has 0 saturated carbocycles. The summed E-state index contributed by atoms with van der Waals surface area (Å²) in [4.78, 5) is 25.4. The Bertz CT molecular complexity index is 1100. The van der Waals surface area contributed by atoms with Gasteiger partial charge in [-0.3, -0.25) is 9.59 Å². The standard InChI is InChI=1S/C26H26ClFN2O2/c1-16(2)14-18-4-6-19(7-5-18)17(3)25(31)30-24-15-20(8-13-23(24)27)26(32)29-22-11-9-21(28)10-12-22/h4-13,15-17H,14H2,1-3H3,(H,29,32)(H,30,31)/t17-/m0/s1. The maximum Gasteiger partial charge on any atom is 0.255 e. The van der Waals surface area contributed by atoms with Gasteiger partial charge in [-0.25, -0.2) is 4.39 Å². The average molecular weight is 453 g/mol. The third kappa shape index (κ3) is 6.17. The van der Waals surface area contributed by atoms with Gasteiger partial charge < -0.3 is 10.6 Å². The normalized spacial score (nSPS) is 11.8. The van der Waals surface area contributed by atoms with Crippen LogP contribution in [0.15, 0.2) is 66.7 Å². The van der Waals surface area contributed by atoms with E-state index in [1.807, 2.05) is 31.2 Å². The van der Waals surface area contributed by atoms with E-state index >= 15 is 0 Å². The van der Waals surface area contributed by atoms with Gasteiger partial charge in [0, 0.05) is 11.3 Å². The van der Waals surface area contributed by atoms with Gasteiger partial charge in [0.05, 0.1) is 16.6 Å². The van der Waals surface area contributed by atoms with Crippen molar-refractivity contribution in [2.45, 2.75) is 33.1 Å². The van der Waals surface area contributed by atoms with Gasteiger partial charge in [-0.05, 0) is 72.9 Å². The maximum atomic E-state index is 13.1. The molecule has 0 aliphatic carbocycles. The first-order valence-corrected chi connectivity index (χ1v) is 10.9. The molecule has 32 heavy (non-hydrogen) atoms. The summed E-state index contributed by atoms with van der Waals surface area (Å²) in [7, 11) is 0. The largest absolute Gasteiger partial charge is 0.324 e. The van der Waals surface area contributed by atoms with Crippen LogP contribution in [0.1, 0.15) is 48.2 Å². The first-order valence-electron chi connectivity index (χ1n) is 10.5. The molecule has 0 bridgehead atoms. The summed E-state index contributed by atoms with van der Waals surface area (Å²) in [5.41, 5.74) is 3.27. The van der Waals surface area contributed by atoms with Crippen LogP contribution >= 0.6 is 11.6 Å². The summed E-state index contributed by atoms with van der Waals surface area (Å²) >= 11 is 6.25. The van der Waals surface area contributed by atoms with Gasteiger partial charge in [-0.1, -0.05) is 49.7 Å². The van der Waals surface area contributed by atoms with Crippen LogP contribution in [-0.2, 0) is 11.2 Å². The lowest BCUT2D eigenvalue weighted by molar-refractivity contribution is -0.117. The van der Waals surface area contributed by atoms with Gasteiger partial charge in [0.1, 0.15) is 5.82 Å². The molecule has 2 N–H and O–H groups in total. The van der Waals surface area contributed by atoms with Crippen LogP contribution in [0.3, 0.4) is 0 Å². The van der Waals surface area contributed by atoms with Crippen molar-refractivity contribution in [1.82, 2.24) is 0 Å². The van der Waals surface area contributed by atoms with E-state index in [0.29, 0.717) is 27.9 Å². The van der Waals surface area contributed by atoms with E-state index in [9.17, 15) is 14.0 Å². The Balaban J connectivity index is 1.70. The molecule has 0 fully saturated rings. The van der Waals surface area contributed by atoms with Crippen molar-refractivity contribution in [1.29, 1.82) is 0 Å². The second kappa shape index (κ2) is 10.4. The van der Waals surface area contributed by atoms with Crippen molar-refractivity contribution in [2.24, 2.45) is 5.92 Å². The number of carbonyl (C=O) groups excluding carboxylic acids is 2. The topological polar surface area (TPSA) is 58.2 Å². The van der Waals surface area contributed by atoms with Crippen LogP contribution < -0.4 is 10.6 Å². The zero-order valence-electron chi connectivity index (χ0n) is 18.3. The van der Waals surface area contributed by atoms with Gasteiger partial charge in [0.15, 0.2) is 0 Å². The van der Waals surface area contributed by atoms with Crippen molar-refractivity contribution in [3.8, 4) is 0 Å². The van der Waals surface area contributed by atoms with Crippen LogP contribution in [0.25, 0.3) is 0 Å². The number of halogens is 2. The molecule has 0 aliphatic rings. The van der Waals surface area contributed by atoms with Crippen LogP contribution in [0.2, 0.25) is 5.02 Å². The van der Waals surface area contributed by atoms with Crippen LogP contribution in [0.5, 0.6) is 0 Å². The highest BCUT2D eigenvalue weighted by atomic mass is 35.5. The third-order valence-corrected chi connectivity index (χ3v) is 5.44. The van der Waals surface area contributed by atoms with Gasteiger partial charge in [-0.2, -0.15) is 0 Å². The smallest absolute Gasteiger partial charge is 0.255 e. The lowest BCUT2D eigenvalue weighted by atomic mass is 9.96.